The van der Waals surface area contributed by atoms with Gasteiger partial charge in [-0.3, -0.25) is 13.9 Å². The van der Waals surface area contributed by atoms with Gasteiger partial charge in [0.05, 0.1) is 11.9 Å². The van der Waals surface area contributed by atoms with E-state index in [1.54, 1.807) is 36.4 Å². The van der Waals surface area contributed by atoms with Crippen LogP contribution in [-0.4, -0.2) is 50.5 Å². The standard InChI is InChI=1S/C24H32ClN3O4S/c1-5-19-10-8-9-11-22(19)28(33(4,31)32)17-23(29)27(21(6-2)24(30)26-7-3)16-18-12-14-20(25)15-13-18/h8-15,21H,5-7,16-17H2,1-4H3,(H,26,30)/t21-/m0/s1. The van der Waals surface area contributed by atoms with Gasteiger partial charge in [-0.2, -0.15) is 0 Å². The normalized spacial score (nSPS) is 12.2. The first kappa shape index (κ1) is 26.7. The van der Waals surface area contributed by atoms with Crippen LogP contribution in [0.25, 0.3) is 0 Å². The van der Waals surface area contributed by atoms with Crippen LogP contribution in [0.1, 0.15) is 38.3 Å². The van der Waals surface area contributed by atoms with Gasteiger partial charge in [0.1, 0.15) is 12.6 Å². The number of benzene rings is 2. The second-order valence-electron chi connectivity index (χ2n) is 7.72. The fourth-order valence-electron chi connectivity index (χ4n) is 3.65. The molecule has 0 aliphatic carbocycles. The molecule has 1 N–H and O–H groups in total. The second kappa shape index (κ2) is 12.0. The van der Waals surface area contributed by atoms with Gasteiger partial charge in [0, 0.05) is 18.1 Å². The van der Waals surface area contributed by atoms with Gasteiger partial charge in [-0.25, -0.2) is 8.42 Å². The summed E-state index contributed by atoms with van der Waals surface area (Å²) < 4.78 is 26.5. The molecule has 0 unspecified atom stereocenters. The van der Waals surface area contributed by atoms with E-state index in [0.717, 1.165) is 21.7 Å². The number of amides is 2. The Morgan fingerprint density at radius 1 is 1.03 bits per heavy atom. The summed E-state index contributed by atoms with van der Waals surface area (Å²) in [5.41, 5.74) is 2.07. The van der Waals surface area contributed by atoms with Gasteiger partial charge in [-0.15, -0.1) is 0 Å². The van der Waals surface area contributed by atoms with Crippen molar-refractivity contribution in [1.29, 1.82) is 0 Å². The summed E-state index contributed by atoms with van der Waals surface area (Å²) in [5.74, 6) is -0.735. The lowest BCUT2D eigenvalue weighted by molar-refractivity contribution is -0.140. The number of anilines is 1. The number of likely N-dealkylation sites (N-methyl/N-ethyl adjacent to an activating group) is 1. The van der Waals surface area contributed by atoms with Crippen molar-refractivity contribution in [2.45, 2.75) is 46.2 Å². The molecule has 7 nitrogen and oxygen atoms in total. The number of carbonyl (C=O) groups is 2. The summed E-state index contributed by atoms with van der Waals surface area (Å²) in [6.45, 7) is 5.73. The van der Waals surface area contributed by atoms with E-state index in [0.29, 0.717) is 30.1 Å². The van der Waals surface area contributed by atoms with Crippen molar-refractivity contribution in [3.8, 4) is 0 Å². The van der Waals surface area contributed by atoms with E-state index >= 15 is 0 Å². The van der Waals surface area contributed by atoms with E-state index in [9.17, 15) is 18.0 Å². The molecule has 2 amide bonds. The van der Waals surface area contributed by atoms with Crippen molar-refractivity contribution in [1.82, 2.24) is 10.2 Å². The van der Waals surface area contributed by atoms with Gasteiger partial charge in [-0.1, -0.05) is 55.8 Å². The van der Waals surface area contributed by atoms with Crippen LogP contribution in [0.3, 0.4) is 0 Å². The Hall–Kier alpha value is -2.58. The van der Waals surface area contributed by atoms with E-state index in [1.807, 2.05) is 32.9 Å². The van der Waals surface area contributed by atoms with Crippen LogP contribution in [-0.2, 0) is 32.6 Å². The summed E-state index contributed by atoms with van der Waals surface area (Å²) in [7, 11) is -3.75. The predicted molar refractivity (Wildman–Crippen MR) is 133 cm³/mol. The number of hydrogen-bond donors (Lipinski definition) is 1. The third-order valence-corrected chi connectivity index (χ3v) is 6.70. The number of hydrogen-bond acceptors (Lipinski definition) is 4. The average molecular weight is 494 g/mol. The zero-order valence-electron chi connectivity index (χ0n) is 19.5. The molecule has 0 fully saturated rings. The highest BCUT2D eigenvalue weighted by atomic mass is 35.5. The highest BCUT2D eigenvalue weighted by Gasteiger charge is 2.32. The lowest BCUT2D eigenvalue weighted by atomic mass is 10.1. The highest BCUT2D eigenvalue weighted by Crippen LogP contribution is 2.24. The number of halogens is 1. The zero-order chi connectivity index (χ0) is 24.6. The van der Waals surface area contributed by atoms with Crippen LogP contribution in [0, 0.1) is 0 Å². The lowest BCUT2D eigenvalue weighted by Crippen LogP contribution is -2.52. The van der Waals surface area contributed by atoms with Crippen LogP contribution in [0.5, 0.6) is 0 Å². The fraction of sp³-hybridized carbons (Fsp3) is 0.417. The first-order valence-electron chi connectivity index (χ1n) is 11.0. The Kier molecular flexibility index (Phi) is 9.73. The van der Waals surface area contributed by atoms with Crippen molar-refractivity contribution in [3.05, 3.63) is 64.7 Å². The predicted octanol–water partition coefficient (Wildman–Crippen LogP) is 3.61. The van der Waals surface area contributed by atoms with Gasteiger partial charge in [0.2, 0.25) is 21.8 Å². The lowest BCUT2D eigenvalue weighted by Gasteiger charge is -2.33. The maximum Gasteiger partial charge on any atom is 0.244 e. The number of para-hydroxylation sites is 1. The molecule has 0 aliphatic heterocycles. The van der Waals surface area contributed by atoms with E-state index in [-0.39, 0.29) is 12.5 Å². The Labute approximate surface area is 201 Å². The molecule has 0 heterocycles. The molecule has 0 bridgehead atoms. The molecule has 2 rings (SSSR count). The first-order chi connectivity index (χ1) is 15.6. The molecule has 0 aromatic heterocycles. The largest absolute Gasteiger partial charge is 0.355 e. The number of nitrogens with one attached hydrogen (secondary N) is 1. The van der Waals surface area contributed by atoms with Crippen molar-refractivity contribution in [2.24, 2.45) is 0 Å². The summed E-state index contributed by atoms with van der Waals surface area (Å²) in [6, 6.07) is 13.4. The van der Waals surface area contributed by atoms with Crippen LogP contribution in [0.2, 0.25) is 5.02 Å². The molecule has 0 spiro atoms. The van der Waals surface area contributed by atoms with Crippen molar-refractivity contribution >= 4 is 39.1 Å². The van der Waals surface area contributed by atoms with Crippen molar-refractivity contribution in [3.63, 3.8) is 0 Å². The fourth-order valence-corrected chi connectivity index (χ4v) is 4.65. The third-order valence-electron chi connectivity index (χ3n) is 5.32. The molecule has 0 aliphatic rings. The summed E-state index contributed by atoms with van der Waals surface area (Å²) in [6.07, 6.45) is 2.08. The number of sulfonamides is 1. The molecule has 0 saturated carbocycles. The number of aryl methyl sites for hydroxylation is 1. The summed E-state index contributed by atoms with van der Waals surface area (Å²) in [5, 5.41) is 3.34. The van der Waals surface area contributed by atoms with E-state index in [2.05, 4.69) is 5.32 Å². The molecule has 9 heteroatoms. The molecule has 1 atom stereocenters. The minimum atomic E-state index is -3.75. The van der Waals surface area contributed by atoms with E-state index in [1.165, 1.54) is 4.90 Å². The molecular weight excluding hydrogens is 462 g/mol. The minimum Gasteiger partial charge on any atom is -0.355 e. The molecule has 2 aromatic rings. The molecule has 2 aromatic carbocycles. The molecule has 0 radical (unpaired) electrons. The topological polar surface area (TPSA) is 86.8 Å². The minimum absolute atomic E-state index is 0.151. The smallest absolute Gasteiger partial charge is 0.244 e. The summed E-state index contributed by atoms with van der Waals surface area (Å²) >= 11 is 5.99. The first-order valence-corrected chi connectivity index (χ1v) is 13.2. The average Bonchev–Trinajstić information content (AvgIpc) is 2.78. The van der Waals surface area contributed by atoms with Gasteiger partial charge in [0.25, 0.3) is 0 Å². The highest BCUT2D eigenvalue weighted by molar-refractivity contribution is 7.92. The number of carbonyl (C=O) groups excluding carboxylic acids is 2. The molecule has 33 heavy (non-hydrogen) atoms. The summed E-state index contributed by atoms with van der Waals surface area (Å²) in [4.78, 5) is 27.8. The third kappa shape index (κ3) is 7.20. The van der Waals surface area contributed by atoms with Gasteiger partial charge >= 0.3 is 0 Å². The maximum absolute atomic E-state index is 13.6. The van der Waals surface area contributed by atoms with Crippen molar-refractivity contribution < 1.29 is 18.0 Å². The Morgan fingerprint density at radius 2 is 1.67 bits per heavy atom. The van der Waals surface area contributed by atoms with Gasteiger partial charge < -0.3 is 10.2 Å². The SMILES string of the molecule is CCNC(=O)[C@H](CC)N(Cc1ccc(Cl)cc1)C(=O)CN(c1ccccc1CC)S(C)(=O)=O. The second-order valence-corrected chi connectivity index (χ2v) is 10.1. The maximum atomic E-state index is 13.6. The van der Waals surface area contributed by atoms with E-state index in [4.69, 9.17) is 11.6 Å². The van der Waals surface area contributed by atoms with Crippen LogP contribution in [0.15, 0.2) is 48.5 Å². The Morgan fingerprint density at radius 3 is 2.21 bits per heavy atom. The van der Waals surface area contributed by atoms with E-state index < -0.39 is 28.5 Å². The van der Waals surface area contributed by atoms with Gasteiger partial charge in [-0.05, 0) is 49.1 Å². The molecule has 0 saturated heterocycles. The molecular formula is C24H32ClN3O4S. The Bertz CT molecular complexity index is 1060. The van der Waals surface area contributed by atoms with Crippen LogP contribution in [0.4, 0.5) is 5.69 Å². The Balaban J connectivity index is 2.46. The van der Waals surface area contributed by atoms with Crippen LogP contribution < -0.4 is 9.62 Å². The quantitative estimate of drug-likeness (QED) is 0.518. The van der Waals surface area contributed by atoms with Crippen LogP contribution >= 0.6 is 11.6 Å². The number of nitrogens with zero attached hydrogens (tertiary/aromatic N) is 2. The van der Waals surface area contributed by atoms with Gasteiger partial charge in [0.15, 0.2) is 0 Å². The molecule has 180 valence electrons. The zero-order valence-corrected chi connectivity index (χ0v) is 21.1. The monoisotopic (exact) mass is 493 g/mol. The number of rotatable bonds is 11. The van der Waals surface area contributed by atoms with Crippen molar-refractivity contribution in [2.75, 3.05) is 23.7 Å².